The Kier molecular flexibility index (Phi) is 9.14. The largest absolute Gasteiger partial charge is 0.325 e. The number of halogens is 2. The summed E-state index contributed by atoms with van der Waals surface area (Å²) in [7, 11) is 0.431. The van der Waals surface area contributed by atoms with E-state index in [0.717, 1.165) is 31.4 Å². The van der Waals surface area contributed by atoms with E-state index in [1.165, 1.54) is 50.5 Å². The number of nitrogens with zero attached hydrogens (tertiary/aromatic N) is 3. The van der Waals surface area contributed by atoms with Gasteiger partial charge in [0.1, 0.15) is 17.0 Å². The molecule has 1 saturated carbocycles. The van der Waals surface area contributed by atoms with Gasteiger partial charge in [0.2, 0.25) is 5.56 Å². The van der Waals surface area contributed by atoms with Crippen molar-refractivity contribution in [3.8, 4) is 0 Å². The van der Waals surface area contributed by atoms with Crippen LogP contribution in [0.1, 0.15) is 56.8 Å². The third-order valence-corrected chi connectivity index (χ3v) is 7.92. The summed E-state index contributed by atoms with van der Waals surface area (Å²) in [6.45, 7) is 2.48. The van der Waals surface area contributed by atoms with Crippen molar-refractivity contribution in [2.75, 3.05) is 18.8 Å². The maximum absolute atomic E-state index is 13.4. The average Bonchev–Trinajstić information content (AvgIpc) is 2.84. The molecule has 11 heteroatoms. The van der Waals surface area contributed by atoms with Gasteiger partial charge in [-0.3, -0.25) is 9.52 Å². The van der Waals surface area contributed by atoms with Crippen molar-refractivity contribution in [3.05, 3.63) is 82.2 Å². The number of aryl methyl sites for hydroxylation is 1. The fourth-order valence-electron chi connectivity index (χ4n) is 4.40. The number of benzene rings is 1. The molecule has 0 saturated heterocycles. The lowest BCUT2D eigenvalue weighted by molar-refractivity contribution is 0.0173. The molecular formula is C26H35F2N5O3S. The SMILES string of the molecule is CN(C)[C@@H]1CCC[C@H](c2cccc(C(C)(F)F)c2)C1.Cc1[nH]c(=O)ccc1S(=O)(=O)Nc1ccncn1.[HH]. The van der Waals surface area contributed by atoms with E-state index in [1.807, 2.05) is 6.07 Å². The van der Waals surface area contributed by atoms with Gasteiger partial charge in [-0.2, -0.15) is 0 Å². The molecule has 202 valence electrons. The summed E-state index contributed by atoms with van der Waals surface area (Å²) in [5, 5.41) is 0. The molecule has 2 N–H and O–H groups in total. The van der Waals surface area contributed by atoms with E-state index in [4.69, 9.17) is 0 Å². The maximum atomic E-state index is 13.4. The quantitative estimate of drug-likeness (QED) is 0.465. The van der Waals surface area contributed by atoms with Crippen LogP contribution in [0, 0.1) is 6.92 Å². The van der Waals surface area contributed by atoms with Crippen molar-refractivity contribution in [1.82, 2.24) is 19.9 Å². The zero-order valence-electron chi connectivity index (χ0n) is 21.4. The Labute approximate surface area is 217 Å². The first-order valence-corrected chi connectivity index (χ1v) is 13.5. The molecule has 0 amide bonds. The highest BCUT2D eigenvalue weighted by Gasteiger charge is 2.28. The summed E-state index contributed by atoms with van der Waals surface area (Å²) in [5.74, 6) is -2.16. The molecule has 1 aliphatic rings. The summed E-state index contributed by atoms with van der Waals surface area (Å²) in [6, 6.07) is 11.4. The van der Waals surface area contributed by atoms with Gasteiger partial charge < -0.3 is 9.88 Å². The summed E-state index contributed by atoms with van der Waals surface area (Å²) >= 11 is 0. The molecule has 1 aliphatic carbocycles. The number of H-pyrrole nitrogens is 1. The van der Waals surface area contributed by atoms with Gasteiger partial charge in [-0.25, -0.2) is 27.2 Å². The lowest BCUT2D eigenvalue weighted by Gasteiger charge is -2.33. The van der Waals surface area contributed by atoms with Crippen LogP contribution in [-0.4, -0.2) is 48.4 Å². The lowest BCUT2D eigenvalue weighted by Crippen LogP contribution is -2.32. The van der Waals surface area contributed by atoms with Gasteiger partial charge in [0.15, 0.2) is 0 Å². The number of rotatable bonds is 6. The fraction of sp³-hybridized carbons (Fsp3) is 0.423. The summed E-state index contributed by atoms with van der Waals surface area (Å²) < 4.78 is 53.2. The third kappa shape index (κ3) is 7.90. The van der Waals surface area contributed by atoms with E-state index in [-0.39, 0.29) is 29.0 Å². The van der Waals surface area contributed by atoms with Crippen LogP contribution < -0.4 is 10.3 Å². The third-order valence-electron chi connectivity index (χ3n) is 6.42. The van der Waals surface area contributed by atoms with Gasteiger partial charge in [0.05, 0.1) is 0 Å². The van der Waals surface area contributed by atoms with Crippen LogP contribution in [0.2, 0.25) is 0 Å². The Hall–Kier alpha value is -3.18. The van der Waals surface area contributed by atoms with Crippen LogP contribution in [-0.2, 0) is 15.9 Å². The normalized spacial score (nSPS) is 18.1. The first kappa shape index (κ1) is 28.4. The number of aromatic amines is 1. The van der Waals surface area contributed by atoms with E-state index in [2.05, 4.69) is 38.7 Å². The van der Waals surface area contributed by atoms with Crippen LogP contribution in [0.25, 0.3) is 0 Å². The predicted molar refractivity (Wildman–Crippen MR) is 141 cm³/mol. The molecule has 0 unspecified atom stereocenters. The molecule has 0 aliphatic heterocycles. The molecule has 2 aromatic heterocycles. The van der Waals surface area contributed by atoms with Crippen molar-refractivity contribution < 1.29 is 18.6 Å². The molecule has 0 bridgehead atoms. The Balaban J connectivity index is 0.000000260. The van der Waals surface area contributed by atoms with Gasteiger partial charge in [-0.05, 0) is 70.0 Å². The molecule has 1 fully saturated rings. The van der Waals surface area contributed by atoms with Crippen LogP contribution in [0.15, 0.2) is 64.7 Å². The molecule has 37 heavy (non-hydrogen) atoms. The number of alkyl halides is 2. The zero-order chi connectivity index (χ0) is 27.2. The second-order valence-electron chi connectivity index (χ2n) is 9.51. The van der Waals surface area contributed by atoms with E-state index in [1.54, 1.807) is 12.1 Å². The van der Waals surface area contributed by atoms with Crippen LogP contribution in [0.3, 0.4) is 0 Å². The minimum Gasteiger partial charge on any atom is -0.325 e. The van der Waals surface area contributed by atoms with Gasteiger partial charge in [-0.1, -0.05) is 24.6 Å². The van der Waals surface area contributed by atoms with Crippen LogP contribution in [0.4, 0.5) is 14.6 Å². The monoisotopic (exact) mass is 535 g/mol. The van der Waals surface area contributed by atoms with Crippen LogP contribution >= 0.6 is 0 Å². The van der Waals surface area contributed by atoms with Gasteiger partial charge >= 0.3 is 0 Å². The van der Waals surface area contributed by atoms with E-state index in [9.17, 15) is 22.0 Å². The molecule has 4 rings (SSSR count). The lowest BCUT2D eigenvalue weighted by atomic mass is 9.80. The van der Waals surface area contributed by atoms with Crippen molar-refractivity contribution >= 4 is 15.8 Å². The Morgan fingerprint density at radius 3 is 2.54 bits per heavy atom. The number of anilines is 1. The molecule has 8 nitrogen and oxygen atoms in total. The highest BCUT2D eigenvalue weighted by Crippen LogP contribution is 2.36. The number of nitrogens with one attached hydrogen (secondary N) is 2. The number of hydrogen-bond acceptors (Lipinski definition) is 6. The van der Waals surface area contributed by atoms with Gasteiger partial charge in [0.25, 0.3) is 15.9 Å². The number of sulfonamides is 1. The molecule has 3 aromatic rings. The van der Waals surface area contributed by atoms with Crippen molar-refractivity contribution in [1.29, 1.82) is 0 Å². The Morgan fingerprint density at radius 2 is 1.92 bits per heavy atom. The molecule has 0 radical (unpaired) electrons. The second kappa shape index (κ2) is 11.9. The highest BCUT2D eigenvalue weighted by atomic mass is 32.2. The molecule has 1 aromatic carbocycles. The van der Waals surface area contributed by atoms with Crippen molar-refractivity contribution in [2.24, 2.45) is 0 Å². The minimum absolute atomic E-state index is 0. The molecule has 2 heterocycles. The van der Waals surface area contributed by atoms with Crippen LogP contribution in [0.5, 0.6) is 0 Å². The average molecular weight is 536 g/mol. The van der Waals surface area contributed by atoms with E-state index >= 15 is 0 Å². The molecule has 0 spiro atoms. The highest BCUT2D eigenvalue weighted by molar-refractivity contribution is 7.92. The summed E-state index contributed by atoms with van der Waals surface area (Å²) in [6.07, 6.45) is 7.24. The fourth-order valence-corrected chi connectivity index (χ4v) is 5.61. The van der Waals surface area contributed by atoms with E-state index in [0.29, 0.717) is 12.0 Å². The van der Waals surface area contributed by atoms with Gasteiger partial charge in [-0.15, -0.1) is 0 Å². The number of pyridine rings is 1. The minimum atomic E-state index is -3.77. The number of hydrogen-bond donors (Lipinski definition) is 2. The first-order chi connectivity index (χ1) is 17.4. The Morgan fingerprint density at radius 1 is 1.16 bits per heavy atom. The second-order valence-corrected chi connectivity index (χ2v) is 11.2. The van der Waals surface area contributed by atoms with E-state index < -0.39 is 15.9 Å². The summed E-state index contributed by atoms with van der Waals surface area (Å²) in [4.78, 5) is 23.2. The Bertz CT molecular complexity index is 1350. The van der Waals surface area contributed by atoms with Crippen molar-refractivity contribution in [2.45, 2.75) is 62.3 Å². The smallest absolute Gasteiger partial charge is 0.270 e. The standard InChI is InChI=1S/C16H23F2N.C10H10N4O3S.H2/c1-16(17,18)14-8-4-6-12(10-14)13-7-5-9-15(11-13)19(2)3;1-7-8(2-3-10(15)13-7)18(16,17)14-9-4-5-11-6-12-9;/h4,6,8,10,13,15H,5,7,9,11H2,1-3H3;2-6H,1H3,(H,13,15)(H,11,12,14);1H/t13-,15+;;/m0../s1. The predicted octanol–water partition coefficient (Wildman–Crippen LogP) is 4.91. The van der Waals surface area contributed by atoms with Gasteiger partial charge in [0, 0.05) is 37.9 Å². The van der Waals surface area contributed by atoms with Crippen molar-refractivity contribution in [3.63, 3.8) is 0 Å². The molecular weight excluding hydrogens is 500 g/mol. The maximum Gasteiger partial charge on any atom is 0.270 e. The molecule has 2 atom stereocenters. The number of aromatic nitrogens is 3. The summed E-state index contributed by atoms with van der Waals surface area (Å²) in [5.41, 5.74) is 1.13. The first-order valence-electron chi connectivity index (χ1n) is 12.0. The zero-order valence-corrected chi connectivity index (χ0v) is 22.2. The topological polar surface area (TPSA) is 108 Å².